The van der Waals surface area contributed by atoms with Crippen LogP contribution in [0.2, 0.25) is 0 Å². The summed E-state index contributed by atoms with van der Waals surface area (Å²) in [5.41, 5.74) is 0.352. The Bertz CT molecular complexity index is 376. The van der Waals surface area contributed by atoms with E-state index in [1.165, 1.54) is 6.07 Å². The third kappa shape index (κ3) is 1.97. The van der Waals surface area contributed by atoms with Crippen molar-refractivity contribution in [1.29, 1.82) is 0 Å². The van der Waals surface area contributed by atoms with Gasteiger partial charge in [-0.1, -0.05) is 32.0 Å². The molecule has 1 aliphatic carbocycles. The van der Waals surface area contributed by atoms with Crippen LogP contribution in [0.15, 0.2) is 24.3 Å². The molecule has 0 aliphatic heterocycles. The van der Waals surface area contributed by atoms with Crippen molar-refractivity contribution in [3.05, 3.63) is 35.6 Å². The van der Waals surface area contributed by atoms with Crippen LogP contribution in [-0.2, 0) is 11.3 Å². The smallest absolute Gasteiger partial charge is 0.128 e. The van der Waals surface area contributed by atoms with Crippen molar-refractivity contribution in [3.8, 4) is 0 Å². The lowest BCUT2D eigenvalue weighted by Gasteiger charge is -2.48. The molecule has 0 aromatic heterocycles. The molecule has 1 N–H and O–H groups in total. The summed E-state index contributed by atoms with van der Waals surface area (Å²) in [5.74, 6) is -0.236. The highest BCUT2D eigenvalue weighted by Gasteiger charge is 2.48. The quantitative estimate of drug-likeness (QED) is 0.854. The Morgan fingerprint density at radius 1 is 1.44 bits per heavy atom. The van der Waals surface area contributed by atoms with Gasteiger partial charge in [-0.3, -0.25) is 0 Å². The molecule has 1 saturated carbocycles. The molecule has 2 rings (SSSR count). The highest BCUT2D eigenvalue weighted by Crippen LogP contribution is 2.42. The van der Waals surface area contributed by atoms with Crippen molar-refractivity contribution in [2.75, 3.05) is 0 Å². The lowest BCUT2D eigenvalue weighted by atomic mass is 9.66. The summed E-state index contributed by atoms with van der Waals surface area (Å²) in [6.45, 7) is 4.20. The van der Waals surface area contributed by atoms with Gasteiger partial charge < -0.3 is 9.84 Å². The lowest BCUT2D eigenvalue weighted by Crippen LogP contribution is -2.54. The van der Waals surface area contributed by atoms with E-state index in [1.54, 1.807) is 18.2 Å². The molecule has 2 unspecified atom stereocenters. The zero-order valence-electron chi connectivity index (χ0n) is 9.61. The van der Waals surface area contributed by atoms with Crippen LogP contribution in [-0.4, -0.2) is 17.3 Å². The second kappa shape index (κ2) is 4.15. The summed E-state index contributed by atoms with van der Waals surface area (Å²) in [6.07, 6.45) is 0.349. The third-order valence-electron chi connectivity index (χ3n) is 3.52. The van der Waals surface area contributed by atoms with Gasteiger partial charge >= 0.3 is 0 Å². The molecule has 16 heavy (non-hydrogen) atoms. The zero-order chi connectivity index (χ0) is 11.8. The molecule has 2 atom stereocenters. The normalized spacial score (nSPS) is 27.5. The van der Waals surface area contributed by atoms with Gasteiger partial charge in [0.25, 0.3) is 0 Å². The first kappa shape index (κ1) is 11.6. The van der Waals surface area contributed by atoms with Gasteiger partial charge in [0.1, 0.15) is 5.82 Å². The van der Waals surface area contributed by atoms with Crippen LogP contribution in [0.25, 0.3) is 0 Å². The monoisotopic (exact) mass is 224 g/mol. The van der Waals surface area contributed by atoms with Gasteiger partial charge in [-0.25, -0.2) is 4.39 Å². The van der Waals surface area contributed by atoms with E-state index in [1.807, 2.05) is 13.8 Å². The first-order chi connectivity index (χ1) is 7.51. The lowest BCUT2D eigenvalue weighted by molar-refractivity contribution is -0.180. The molecule has 0 amide bonds. The van der Waals surface area contributed by atoms with Crippen LogP contribution in [0, 0.1) is 11.2 Å². The number of aliphatic hydroxyl groups is 1. The van der Waals surface area contributed by atoms with Crippen molar-refractivity contribution >= 4 is 0 Å². The molecule has 1 aromatic rings. The summed E-state index contributed by atoms with van der Waals surface area (Å²) in [4.78, 5) is 0. The summed E-state index contributed by atoms with van der Waals surface area (Å²) in [6, 6.07) is 6.61. The fourth-order valence-electron chi connectivity index (χ4n) is 1.95. The third-order valence-corrected chi connectivity index (χ3v) is 3.52. The molecule has 0 spiro atoms. The first-order valence-corrected chi connectivity index (χ1v) is 5.55. The maximum absolute atomic E-state index is 13.3. The van der Waals surface area contributed by atoms with Crippen molar-refractivity contribution in [1.82, 2.24) is 0 Å². The molecule has 2 nitrogen and oxygen atoms in total. The van der Waals surface area contributed by atoms with E-state index in [4.69, 9.17) is 4.74 Å². The number of halogens is 1. The Hall–Kier alpha value is -0.930. The highest BCUT2D eigenvalue weighted by molar-refractivity contribution is 5.16. The second-order valence-electron chi connectivity index (χ2n) is 4.96. The Labute approximate surface area is 95.1 Å². The van der Waals surface area contributed by atoms with Gasteiger partial charge in [-0.05, 0) is 6.07 Å². The summed E-state index contributed by atoms with van der Waals surface area (Å²) >= 11 is 0. The highest BCUT2D eigenvalue weighted by atomic mass is 19.1. The fraction of sp³-hybridized carbons (Fsp3) is 0.538. The number of ether oxygens (including phenoxy) is 1. The Kier molecular flexibility index (Phi) is 3.00. The van der Waals surface area contributed by atoms with Gasteiger partial charge in [-0.2, -0.15) is 0 Å². The summed E-state index contributed by atoms with van der Waals surface area (Å²) < 4.78 is 18.9. The van der Waals surface area contributed by atoms with E-state index >= 15 is 0 Å². The average Bonchev–Trinajstić information content (AvgIpc) is 2.26. The van der Waals surface area contributed by atoms with E-state index < -0.39 is 0 Å². The predicted octanol–water partition coefficient (Wildman–Crippen LogP) is 2.50. The Balaban J connectivity index is 1.92. The van der Waals surface area contributed by atoms with Crippen LogP contribution in [0.5, 0.6) is 0 Å². The minimum absolute atomic E-state index is 0.0158. The van der Waals surface area contributed by atoms with Gasteiger partial charge in [0, 0.05) is 17.4 Å². The molecular formula is C13H17FO2. The van der Waals surface area contributed by atoms with Crippen LogP contribution >= 0.6 is 0 Å². The maximum Gasteiger partial charge on any atom is 0.128 e. The Morgan fingerprint density at radius 2 is 2.12 bits per heavy atom. The topological polar surface area (TPSA) is 29.5 Å². The van der Waals surface area contributed by atoms with Gasteiger partial charge in [-0.15, -0.1) is 0 Å². The minimum Gasteiger partial charge on any atom is -0.392 e. The maximum atomic E-state index is 13.3. The predicted molar refractivity (Wildman–Crippen MR) is 59.4 cm³/mol. The molecular weight excluding hydrogens is 207 g/mol. The zero-order valence-corrected chi connectivity index (χ0v) is 9.61. The molecule has 88 valence electrons. The van der Waals surface area contributed by atoms with Crippen molar-refractivity contribution in [3.63, 3.8) is 0 Å². The van der Waals surface area contributed by atoms with Crippen LogP contribution < -0.4 is 0 Å². The van der Waals surface area contributed by atoms with Crippen LogP contribution in [0.3, 0.4) is 0 Å². The van der Waals surface area contributed by atoms with E-state index in [0.717, 1.165) is 0 Å². The number of hydrogen-bond donors (Lipinski definition) is 1. The summed E-state index contributed by atoms with van der Waals surface area (Å²) in [5, 5.41) is 9.54. The molecule has 0 bridgehead atoms. The number of benzene rings is 1. The fourth-order valence-corrected chi connectivity index (χ4v) is 1.95. The molecule has 1 fully saturated rings. The first-order valence-electron chi connectivity index (χ1n) is 5.55. The molecule has 1 aliphatic rings. The number of hydrogen-bond acceptors (Lipinski definition) is 2. The standard InChI is InChI=1S/C13H17FO2/c1-13(2)11(15)7-12(13)16-8-9-5-3-4-6-10(9)14/h3-6,11-12,15H,7-8H2,1-2H3. The van der Waals surface area contributed by atoms with E-state index in [9.17, 15) is 9.50 Å². The van der Waals surface area contributed by atoms with Crippen LogP contribution in [0.4, 0.5) is 4.39 Å². The molecule has 0 radical (unpaired) electrons. The van der Waals surface area contributed by atoms with Crippen molar-refractivity contribution < 1.29 is 14.2 Å². The second-order valence-corrected chi connectivity index (χ2v) is 4.96. The van der Waals surface area contributed by atoms with Crippen LogP contribution in [0.1, 0.15) is 25.8 Å². The molecule has 1 aromatic carbocycles. The average molecular weight is 224 g/mol. The van der Waals surface area contributed by atoms with E-state index in [2.05, 4.69) is 0 Å². The van der Waals surface area contributed by atoms with Crippen molar-refractivity contribution in [2.24, 2.45) is 5.41 Å². The Morgan fingerprint density at radius 3 is 2.69 bits per heavy atom. The largest absolute Gasteiger partial charge is 0.392 e. The molecule has 3 heteroatoms. The number of aliphatic hydroxyl groups excluding tert-OH is 1. The van der Waals surface area contributed by atoms with Gasteiger partial charge in [0.2, 0.25) is 0 Å². The van der Waals surface area contributed by atoms with Crippen molar-refractivity contribution in [2.45, 2.75) is 39.1 Å². The minimum atomic E-state index is -0.307. The molecule has 0 saturated heterocycles. The van der Waals surface area contributed by atoms with E-state index in [-0.39, 0.29) is 30.0 Å². The molecule has 0 heterocycles. The van der Waals surface area contributed by atoms with Gasteiger partial charge in [0.15, 0.2) is 0 Å². The summed E-state index contributed by atoms with van der Waals surface area (Å²) in [7, 11) is 0. The number of rotatable bonds is 3. The SMILES string of the molecule is CC1(C)C(O)CC1OCc1ccccc1F. The van der Waals surface area contributed by atoms with Gasteiger partial charge in [0.05, 0.1) is 18.8 Å². The van der Waals surface area contributed by atoms with E-state index in [0.29, 0.717) is 12.0 Å².